The van der Waals surface area contributed by atoms with E-state index in [0.717, 1.165) is 5.56 Å². The fourth-order valence-corrected chi connectivity index (χ4v) is 2.06. The summed E-state index contributed by atoms with van der Waals surface area (Å²) >= 11 is 1.24. The van der Waals surface area contributed by atoms with E-state index in [1.807, 2.05) is 0 Å². The number of aryl methyl sites for hydroxylation is 1. The van der Waals surface area contributed by atoms with Crippen molar-refractivity contribution in [2.24, 2.45) is 0 Å². The Morgan fingerprint density at radius 2 is 2.25 bits per heavy atom. The number of H-pyrrole nitrogens is 1. The number of nitrogens with zero attached hydrogens (tertiary/aromatic N) is 2. The molecule has 0 saturated carbocycles. The number of aromatic carboxylic acids is 1. The molecule has 2 rings (SSSR count). The molecule has 1 aromatic heterocycles. The van der Waals surface area contributed by atoms with Gasteiger partial charge in [-0.1, -0.05) is 17.8 Å². The number of anilines is 1. The van der Waals surface area contributed by atoms with Gasteiger partial charge in [0, 0.05) is 5.69 Å². The van der Waals surface area contributed by atoms with E-state index in [-0.39, 0.29) is 17.2 Å². The molecule has 1 amide bonds. The first-order valence-electron chi connectivity index (χ1n) is 5.68. The van der Waals surface area contributed by atoms with Crippen LogP contribution in [0.25, 0.3) is 0 Å². The maximum absolute atomic E-state index is 11.8. The molecule has 0 aliphatic heterocycles. The largest absolute Gasteiger partial charge is 0.478 e. The van der Waals surface area contributed by atoms with E-state index in [2.05, 4.69) is 20.7 Å². The third kappa shape index (κ3) is 3.58. The monoisotopic (exact) mass is 292 g/mol. The summed E-state index contributed by atoms with van der Waals surface area (Å²) in [5.41, 5.74) is 1.43. The van der Waals surface area contributed by atoms with Crippen LogP contribution >= 0.6 is 11.8 Å². The van der Waals surface area contributed by atoms with Gasteiger partial charge < -0.3 is 10.4 Å². The lowest BCUT2D eigenvalue weighted by Crippen LogP contribution is -2.15. The second-order valence-corrected chi connectivity index (χ2v) is 4.98. The van der Waals surface area contributed by atoms with Gasteiger partial charge in [0.25, 0.3) is 0 Å². The Labute approximate surface area is 118 Å². The summed E-state index contributed by atoms with van der Waals surface area (Å²) in [7, 11) is 0. The number of carboxylic acids is 1. The van der Waals surface area contributed by atoms with Crippen molar-refractivity contribution in [1.29, 1.82) is 0 Å². The molecule has 0 aliphatic carbocycles. The molecule has 0 saturated heterocycles. The van der Waals surface area contributed by atoms with E-state index in [9.17, 15) is 9.59 Å². The van der Waals surface area contributed by atoms with Crippen molar-refractivity contribution >= 4 is 29.3 Å². The molecular weight excluding hydrogens is 280 g/mol. The third-order valence-corrected chi connectivity index (χ3v) is 3.40. The number of nitrogens with one attached hydrogen (secondary N) is 2. The van der Waals surface area contributed by atoms with E-state index in [1.165, 1.54) is 30.1 Å². The highest BCUT2D eigenvalue weighted by molar-refractivity contribution is 7.99. The van der Waals surface area contributed by atoms with Crippen LogP contribution in [0, 0.1) is 6.92 Å². The lowest BCUT2D eigenvalue weighted by Gasteiger charge is -2.08. The summed E-state index contributed by atoms with van der Waals surface area (Å²) in [5, 5.41) is 22.1. The SMILES string of the molecule is Cc1ccc(C(=O)O)cc1NC(=O)CSc1cn[nH]n1. The summed E-state index contributed by atoms with van der Waals surface area (Å²) in [5.74, 6) is -1.09. The molecule has 0 fully saturated rings. The molecule has 1 aromatic carbocycles. The van der Waals surface area contributed by atoms with Crippen molar-refractivity contribution in [3.63, 3.8) is 0 Å². The van der Waals surface area contributed by atoms with Gasteiger partial charge in [0.15, 0.2) is 0 Å². The number of aromatic amines is 1. The van der Waals surface area contributed by atoms with Crippen LogP contribution in [-0.2, 0) is 4.79 Å². The zero-order valence-corrected chi connectivity index (χ0v) is 11.4. The lowest BCUT2D eigenvalue weighted by molar-refractivity contribution is -0.113. The Balaban J connectivity index is 2.00. The quantitative estimate of drug-likeness (QED) is 0.721. The molecule has 0 atom stereocenters. The van der Waals surface area contributed by atoms with Gasteiger partial charge in [-0.25, -0.2) is 4.79 Å². The molecule has 0 spiro atoms. The van der Waals surface area contributed by atoms with Crippen molar-refractivity contribution in [2.45, 2.75) is 11.9 Å². The highest BCUT2D eigenvalue weighted by atomic mass is 32.2. The zero-order chi connectivity index (χ0) is 14.5. The van der Waals surface area contributed by atoms with Gasteiger partial charge >= 0.3 is 5.97 Å². The maximum Gasteiger partial charge on any atom is 0.335 e. The summed E-state index contributed by atoms with van der Waals surface area (Å²) in [4.78, 5) is 22.7. The molecule has 7 nitrogen and oxygen atoms in total. The van der Waals surface area contributed by atoms with Crippen LogP contribution in [0.15, 0.2) is 29.4 Å². The Hall–Kier alpha value is -2.35. The van der Waals surface area contributed by atoms with Crippen LogP contribution in [-0.4, -0.2) is 38.1 Å². The number of hydrogen-bond donors (Lipinski definition) is 3. The predicted octanol–water partition coefficient (Wildman–Crippen LogP) is 1.54. The molecule has 0 aliphatic rings. The average molecular weight is 292 g/mol. The lowest BCUT2D eigenvalue weighted by atomic mass is 10.1. The van der Waals surface area contributed by atoms with Crippen LogP contribution in [0.2, 0.25) is 0 Å². The first-order valence-corrected chi connectivity index (χ1v) is 6.67. The molecule has 8 heteroatoms. The highest BCUT2D eigenvalue weighted by Crippen LogP contribution is 2.18. The van der Waals surface area contributed by atoms with E-state index in [4.69, 9.17) is 5.11 Å². The smallest absolute Gasteiger partial charge is 0.335 e. The van der Waals surface area contributed by atoms with Gasteiger partial charge in [-0.15, -0.1) is 5.10 Å². The fourth-order valence-electron chi connectivity index (χ4n) is 1.48. The molecule has 0 bridgehead atoms. The number of rotatable bonds is 5. The first kappa shape index (κ1) is 14.1. The minimum Gasteiger partial charge on any atom is -0.478 e. The average Bonchev–Trinajstić information content (AvgIpc) is 2.92. The van der Waals surface area contributed by atoms with Crippen molar-refractivity contribution in [3.8, 4) is 0 Å². The van der Waals surface area contributed by atoms with E-state index in [0.29, 0.717) is 10.7 Å². The van der Waals surface area contributed by atoms with E-state index >= 15 is 0 Å². The minimum atomic E-state index is -1.03. The molecule has 3 N–H and O–H groups in total. The van der Waals surface area contributed by atoms with Gasteiger partial charge in [0.2, 0.25) is 5.91 Å². The van der Waals surface area contributed by atoms with E-state index < -0.39 is 5.97 Å². The van der Waals surface area contributed by atoms with Gasteiger partial charge in [0.05, 0.1) is 17.5 Å². The van der Waals surface area contributed by atoms with Crippen LogP contribution in [0.3, 0.4) is 0 Å². The summed E-state index contributed by atoms with van der Waals surface area (Å²) in [6.07, 6.45) is 1.52. The van der Waals surface area contributed by atoms with Gasteiger partial charge in [-0.2, -0.15) is 10.3 Å². The molecule has 104 valence electrons. The number of amides is 1. The molecule has 20 heavy (non-hydrogen) atoms. The second-order valence-electron chi connectivity index (χ2n) is 3.98. The molecule has 0 radical (unpaired) electrons. The number of carbonyl (C=O) groups excluding carboxylic acids is 1. The van der Waals surface area contributed by atoms with Crippen LogP contribution in [0.4, 0.5) is 5.69 Å². The topological polar surface area (TPSA) is 108 Å². The van der Waals surface area contributed by atoms with Gasteiger partial charge in [-0.05, 0) is 24.6 Å². The number of hydrogen-bond acceptors (Lipinski definition) is 5. The Morgan fingerprint density at radius 3 is 2.90 bits per heavy atom. The first-order chi connectivity index (χ1) is 9.56. The molecule has 0 unspecified atom stereocenters. The van der Waals surface area contributed by atoms with Crippen molar-refractivity contribution in [2.75, 3.05) is 11.1 Å². The number of aromatic nitrogens is 3. The maximum atomic E-state index is 11.8. The van der Waals surface area contributed by atoms with Crippen LogP contribution in [0.5, 0.6) is 0 Å². The number of thioether (sulfide) groups is 1. The summed E-state index contributed by atoms with van der Waals surface area (Å²) < 4.78 is 0. The number of benzene rings is 1. The summed E-state index contributed by atoms with van der Waals surface area (Å²) in [6.45, 7) is 1.80. The van der Waals surface area contributed by atoms with Gasteiger partial charge in [-0.3, -0.25) is 4.79 Å². The fraction of sp³-hybridized carbons (Fsp3) is 0.167. The van der Waals surface area contributed by atoms with Crippen molar-refractivity contribution in [3.05, 3.63) is 35.5 Å². The Morgan fingerprint density at radius 1 is 1.45 bits per heavy atom. The van der Waals surface area contributed by atoms with Crippen LogP contribution in [0.1, 0.15) is 15.9 Å². The van der Waals surface area contributed by atoms with E-state index in [1.54, 1.807) is 13.0 Å². The standard InChI is InChI=1S/C12H12N4O3S/c1-7-2-3-8(12(18)19)4-9(7)14-10(17)6-20-11-5-13-16-15-11/h2-5H,6H2,1H3,(H,14,17)(H,18,19)(H,13,15,16). The molecule has 1 heterocycles. The normalized spacial score (nSPS) is 10.2. The summed E-state index contributed by atoms with van der Waals surface area (Å²) in [6, 6.07) is 4.59. The predicted molar refractivity (Wildman–Crippen MR) is 73.9 cm³/mol. The van der Waals surface area contributed by atoms with Crippen molar-refractivity contribution in [1.82, 2.24) is 15.4 Å². The molecular formula is C12H12N4O3S. The Bertz CT molecular complexity index is 628. The highest BCUT2D eigenvalue weighted by Gasteiger charge is 2.10. The zero-order valence-electron chi connectivity index (χ0n) is 10.6. The Kier molecular flexibility index (Phi) is 4.36. The number of carbonyl (C=O) groups is 2. The number of carboxylic acid groups (broad SMARTS) is 1. The third-order valence-electron chi connectivity index (χ3n) is 2.50. The van der Waals surface area contributed by atoms with Crippen molar-refractivity contribution < 1.29 is 14.7 Å². The minimum absolute atomic E-state index is 0.134. The van der Waals surface area contributed by atoms with Crippen LogP contribution < -0.4 is 5.32 Å². The second kappa shape index (κ2) is 6.20. The van der Waals surface area contributed by atoms with Gasteiger partial charge in [0.1, 0.15) is 5.03 Å². The molecule has 2 aromatic rings.